The van der Waals surface area contributed by atoms with Gasteiger partial charge in [-0.3, -0.25) is 4.79 Å². The maximum absolute atomic E-state index is 12.4. The molecule has 0 aliphatic heterocycles. The van der Waals surface area contributed by atoms with Crippen molar-refractivity contribution < 1.29 is 4.42 Å². The summed E-state index contributed by atoms with van der Waals surface area (Å²) in [6.07, 6.45) is 0. The Balaban J connectivity index is 2.29. The maximum Gasteiger partial charge on any atom is 0.231 e. The number of fused-ring (bicyclic) bond motifs is 3. The van der Waals surface area contributed by atoms with Crippen molar-refractivity contribution in [1.29, 1.82) is 0 Å². The Kier molecular flexibility index (Phi) is 1.97. The summed E-state index contributed by atoms with van der Waals surface area (Å²) in [5, 5.41) is 2.06. The van der Waals surface area contributed by atoms with Gasteiger partial charge in [-0.2, -0.15) is 0 Å². The van der Waals surface area contributed by atoms with Crippen LogP contribution in [0.5, 0.6) is 0 Å². The summed E-state index contributed by atoms with van der Waals surface area (Å²) >= 11 is 0. The molecule has 0 aliphatic rings. The molecule has 0 radical (unpaired) electrons. The highest BCUT2D eigenvalue weighted by atomic mass is 16.3. The molecule has 4 rings (SSSR count). The van der Waals surface area contributed by atoms with Crippen molar-refractivity contribution in [3.05, 3.63) is 64.8 Å². The van der Waals surface area contributed by atoms with Gasteiger partial charge in [-0.1, -0.05) is 30.3 Å². The number of hydrogen-bond acceptors (Lipinski definition) is 3. The number of pyridine rings is 1. The Morgan fingerprint density at radius 2 is 1.68 bits per heavy atom. The van der Waals surface area contributed by atoms with E-state index in [0.29, 0.717) is 22.1 Å². The van der Waals surface area contributed by atoms with Crippen LogP contribution in [0.4, 0.5) is 0 Å². The fraction of sp³-hybridized carbons (Fsp3) is 0. The van der Waals surface area contributed by atoms with Gasteiger partial charge in [0.2, 0.25) is 11.1 Å². The first kappa shape index (κ1) is 10.3. The summed E-state index contributed by atoms with van der Waals surface area (Å²) in [5.41, 5.74) is 1.76. The van der Waals surface area contributed by atoms with E-state index in [1.807, 2.05) is 42.5 Å². The standard InChI is InChI=1S/C16H9NO2/c18-15-11-6-2-4-8-14(11)19-16-12(15)9-10-5-1-3-7-13(10)17-16/h1-9H. The number of hydrogen-bond donors (Lipinski definition) is 0. The molecular formula is C16H9NO2. The lowest BCUT2D eigenvalue weighted by Crippen LogP contribution is -2.02. The van der Waals surface area contributed by atoms with E-state index in [9.17, 15) is 4.79 Å². The van der Waals surface area contributed by atoms with Crippen molar-refractivity contribution >= 4 is 33.0 Å². The Morgan fingerprint density at radius 3 is 2.63 bits per heavy atom. The second kappa shape index (κ2) is 3.65. The lowest BCUT2D eigenvalue weighted by molar-refractivity contribution is 0.647. The van der Waals surface area contributed by atoms with Gasteiger partial charge in [0.05, 0.1) is 16.3 Å². The number of para-hydroxylation sites is 2. The molecule has 3 nitrogen and oxygen atoms in total. The summed E-state index contributed by atoms with van der Waals surface area (Å²) in [6.45, 7) is 0. The molecule has 0 N–H and O–H groups in total. The summed E-state index contributed by atoms with van der Waals surface area (Å²) in [4.78, 5) is 16.9. The van der Waals surface area contributed by atoms with Crippen molar-refractivity contribution in [1.82, 2.24) is 4.98 Å². The molecule has 90 valence electrons. The zero-order valence-corrected chi connectivity index (χ0v) is 9.96. The first-order valence-electron chi connectivity index (χ1n) is 6.04. The first-order chi connectivity index (χ1) is 9.33. The lowest BCUT2D eigenvalue weighted by atomic mass is 10.1. The third kappa shape index (κ3) is 1.45. The minimum absolute atomic E-state index is 0.0323. The smallest absolute Gasteiger partial charge is 0.231 e. The largest absolute Gasteiger partial charge is 0.437 e. The number of aromatic nitrogens is 1. The molecule has 0 spiro atoms. The molecule has 2 aromatic heterocycles. The minimum Gasteiger partial charge on any atom is -0.437 e. The molecule has 0 atom stereocenters. The quantitative estimate of drug-likeness (QED) is 0.447. The van der Waals surface area contributed by atoms with Crippen molar-refractivity contribution in [2.24, 2.45) is 0 Å². The summed E-state index contributed by atoms with van der Waals surface area (Å²) in [5.74, 6) is 0. The summed E-state index contributed by atoms with van der Waals surface area (Å²) < 4.78 is 5.72. The van der Waals surface area contributed by atoms with Crippen LogP contribution in [-0.2, 0) is 0 Å². The molecule has 0 unspecified atom stereocenters. The van der Waals surface area contributed by atoms with Crippen LogP contribution in [-0.4, -0.2) is 4.98 Å². The van der Waals surface area contributed by atoms with Gasteiger partial charge in [0.15, 0.2) is 0 Å². The van der Waals surface area contributed by atoms with Gasteiger partial charge >= 0.3 is 0 Å². The van der Waals surface area contributed by atoms with Crippen LogP contribution in [0.2, 0.25) is 0 Å². The Morgan fingerprint density at radius 1 is 0.895 bits per heavy atom. The van der Waals surface area contributed by atoms with Crippen LogP contribution in [0.25, 0.3) is 33.0 Å². The molecule has 0 fully saturated rings. The molecule has 2 aromatic carbocycles. The molecule has 3 heteroatoms. The van der Waals surface area contributed by atoms with Crippen LogP contribution >= 0.6 is 0 Å². The monoisotopic (exact) mass is 247 g/mol. The highest BCUT2D eigenvalue weighted by Gasteiger charge is 2.09. The van der Waals surface area contributed by atoms with E-state index in [1.165, 1.54) is 0 Å². The molecule has 4 aromatic rings. The Bertz CT molecular complexity index is 981. The van der Waals surface area contributed by atoms with Crippen molar-refractivity contribution in [2.45, 2.75) is 0 Å². The van der Waals surface area contributed by atoms with Gasteiger partial charge in [-0.05, 0) is 24.3 Å². The van der Waals surface area contributed by atoms with Gasteiger partial charge in [0, 0.05) is 5.39 Å². The van der Waals surface area contributed by atoms with Crippen molar-refractivity contribution in [3.8, 4) is 0 Å². The first-order valence-corrected chi connectivity index (χ1v) is 6.04. The molecule has 0 amide bonds. The molecule has 0 saturated heterocycles. The second-order valence-corrected chi connectivity index (χ2v) is 4.46. The van der Waals surface area contributed by atoms with Crippen LogP contribution in [0.1, 0.15) is 0 Å². The molecule has 0 saturated carbocycles. The molecular weight excluding hydrogens is 238 g/mol. The zero-order chi connectivity index (χ0) is 12.8. The average molecular weight is 247 g/mol. The van der Waals surface area contributed by atoms with Crippen molar-refractivity contribution in [3.63, 3.8) is 0 Å². The van der Waals surface area contributed by atoms with Gasteiger partial charge < -0.3 is 4.42 Å². The number of nitrogens with zero attached hydrogens (tertiary/aromatic N) is 1. The van der Waals surface area contributed by atoms with Crippen molar-refractivity contribution in [2.75, 3.05) is 0 Å². The van der Waals surface area contributed by atoms with E-state index < -0.39 is 0 Å². The predicted octanol–water partition coefficient (Wildman–Crippen LogP) is 3.49. The number of rotatable bonds is 0. The normalized spacial score (nSPS) is 11.4. The predicted molar refractivity (Wildman–Crippen MR) is 75.3 cm³/mol. The van der Waals surface area contributed by atoms with E-state index in [4.69, 9.17) is 4.42 Å². The Hall–Kier alpha value is -2.68. The molecule has 2 heterocycles. The highest BCUT2D eigenvalue weighted by molar-refractivity contribution is 5.94. The van der Waals surface area contributed by atoms with Gasteiger partial charge in [0.1, 0.15) is 5.58 Å². The van der Waals surface area contributed by atoms with Gasteiger partial charge in [-0.15, -0.1) is 0 Å². The van der Waals surface area contributed by atoms with E-state index in [-0.39, 0.29) is 5.43 Å². The zero-order valence-electron chi connectivity index (χ0n) is 9.96. The highest BCUT2D eigenvalue weighted by Crippen LogP contribution is 2.20. The molecule has 19 heavy (non-hydrogen) atoms. The summed E-state index contributed by atoms with van der Waals surface area (Å²) in [6, 6.07) is 16.8. The van der Waals surface area contributed by atoms with Crippen LogP contribution < -0.4 is 5.43 Å². The third-order valence-electron chi connectivity index (χ3n) is 3.27. The Labute approximate surface area is 108 Å². The maximum atomic E-state index is 12.4. The topological polar surface area (TPSA) is 43.1 Å². The van der Waals surface area contributed by atoms with Crippen LogP contribution in [0.3, 0.4) is 0 Å². The van der Waals surface area contributed by atoms with E-state index in [0.717, 1.165) is 10.9 Å². The fourth-order valence-electron chi connectivity index (χ4n) is 2.33. The average Bonchev–Trinajstić information content (AvgIpc) is 2.46. The van der Waals surface area contributed by atoms with E-state index >= 15 is 0 Å². The third-order valence-corrected chi connectivity index (χ3v) is 3.27. The SMILES string of the molecule is O=c1c2ccccc2oc2nc3ccccc3cc12. The van der Waals surface area contributed by atoms with Gasteiger partial charge in [0.25, 0.3) is 0 Å². The van der Waals surface area contributed by atoms with Gasteiger partial charge in [-0.25, -0.2) is 4.98 Å². The minimum atomic E-state index is -0.0323. The van der Waals surface area contributed by atoms with E-state index in [2.05, 4.69) is 4.98 Å². The number of benzene rings is 2. The van der Waals surface area contributed by atoms with Crippen LogP contribution in [0.15, 0.2) is 63.8 Å². The fourth-order valence-corrected chi connectivity index (χ4v) is 2.33. The molecule has 0 bridgehead atoms. The summed E-state index contributed by atoms with van der Waals surface area (Å²) in [7, 11) is 0. The van der Waals surface area contributed by atoms with E-state index in [1.54, 1.807) is 12.1 Å². The second-order valence-electron chi connectivity index (χ2n) is 4.46. The van der Waals surface area contributed by atoms with Crippen LogP contribution in [0, 0.1) is 0 Å². The lowest BCUT2D eigenvalue weighted by Gasteiger charge is -2.02. The molecule has 0 aliphatic carbocycles.